The molecule has 8 nitrogen and oxygen atoms in total. The van der Waals surface area contributed by atoms with Crippen LogP contribution < -0.4 is 15.0 Å². The SMILES string of the molecule is C=C1CCC(N2Cc3cc(N4C[C@H]5CN(CCCCOc6ccc([C@H]7c8ccc(O)cc8CC[C@H]7c7ccccc7)cc6)C[C@H]5C4)ccc3C2=O)C(=O)N1. The number of amides is 2. The van der Waals surface area contributed by atoms with Crippen molar-refractivity contribution in [2.75, 3.05) is 44.2 Å². The smallest absolute Gasteiger partial charge is 0.255 e. The molecule has 0 saturated carbocycles. The molecule has 0 radical (unpaired) electrons. The van der Waals surface area contributed by atoms with Gasteiger partial charge in [-0.3, -0.25) is 9.59 Å². The lowest BCUT2D eigenvalue weighted by Gasteiger charge is -2.34. The van der Waals surface area contributed by atoms with E-state index in [1.54, 1.807) is 4.90 Å². The number of carbonyl (C=O) groups excluding carboxylic acids is 2. The van der Waals surface area contributed by atoms with Crippen LogP contribution in [0.15, 0.2) is 103 Å². The molecule has 3 fully saturated rings. The fraction of sp³-hybridized carbons (Fsp3) is 0.391. The molecule has 0 aromatic heterocycles. The Morgan fingerprint density at radius 1 is 0.796 bits per heavy atom. The molecule has 4 aliphatic heterocycles. The van der Waals surface area contributed by atoms with Gasteiger partial charge in [-0.25, -0.2) is 0 Å². The van der Waals surface area contributed by atoms with Gasteiger partial charge in [0, 0.05) is 55.6 Å². The largest absolute Gasteiger partial charge is 0.508 e. The molecule has 4 aromatic carbocycles. The highest BCUT2D eigenvalue weighted by Gasteiger charge is 2.41. The molecule has 278 valence electrons. The number of piperidine rings is 1. The van der Waals surface area contributed by atoms with Crippen LogP contribution in [0.5, 0.6) is 11.5 Å². The van der Waals surface area contributed by atoms with Crippen LogP contribution in [-0.2, 0) is 17.8 Å². The summed E-state index contributed by atoms with van der Waals surface area (Å²) in [5, 5.41) is 13.0. The second-order valence-corrected chi connectivity index (χ2v) is 16.1. The van der Waals surface area contributed by atoms with E-state index in [0.29, 0.717) is 49.5 Å². The first-order valence-corrected chi connectivity index (χ1v) is 19.9. The fourth-order valence-electron chi connectivity index (χ4n) is 10.00. The highest BCUT2D eigenvalue weighted by molar-refractivity contribution is 6.01. The van der Waals surface area contributed by atoms with E-state index >= 15 is 0 Å². The van der Waals surface area contributed by atoms with E-state index in [0.717, 1.165) is 81.0 Å². The first-order valence-electron chi connectivity index (χ1n) is 19.9. The molecule has 2 amide bonds. The summed E-state index contributed by atoms with van der Waals surface area (Å²) in [6.45, 7) is 10.5. The molecule has 0 spiro atoms. The van der Waals surface area contributed by atoms with Crippen LogP contribution in [0.1, 0.15) is 82.1 Å². The van der Waals surface area contributed by atoms with Gasteiger partial charge in [0.1, 0.15) is 17.5 Å². The van der Waals surface area contributed by atoms with Gasteiger partial charge in [0.15, 0.2) is 0 Å². The Balaban J connectivity index is 0.738. The van der Waals surface area contributed by atoms with Crippen LogP contribution in [-0.4, -0.2) is 72.1 Å². The van der Waals surface area contributed by atoms with Gasteiger partial charge in [0.2, 0.25) is 5.91 Å². The van der Waals surface area contributed by atoms with Crippen molar-refractivity contribution >= 4 is 17.5 Å². The number of hydrogen-bond acceptors (Lipinski definition) is 6. The highest BCUT2D eigenvalue weighted by Crippen LogP contribution is 2.47. The highest BCUT2D eigenvalue weighted by atomic mass is 16.5. The number of benzene rings is 4. The van der Waals surface area contributed by atoms with Gasteiger partial charge in [0.25, 0.3) is 5.91 Å². The van der Waals surface area contributed by atoms with E-state index in [1.807, 2.05) is 18.2 Å². The average Bonchev–Trinajstić information content (AvgIpc) is 3.86. The zero-order chi connectivity index (χ0) is 36.8. The summed E-state index contributed by atoms with van der Waals surface area (Å²) in [5.41, 5.74) is 8.89. The third-order valence-corrected chi connectivity index (χ3v) is 12.7. The molecule has 1 unspecified atom stereocenters. The van der Waals surface area contributed by atoms with Crippen molar-refractivity contribution in [3.8, 4) is 11.5 Å². The predicted molar refractivity (Wildman–Crippen MR) is 211 cm³/mol. The second kappa shape index (κ2) is 14.6. The normalized spacial score (nSPS) is 25.0. The molecule has 5 atom stereocenters. The summed E-state index contributed by atoms with van der Waals surface area (Å²) < 4.78 is 6.23. The van der Waals surface area contributed by atoms with Crippen LogP contribution in [0.2, 0.25) is 0 Å². The molecule has 5 aliphatic rings. The van der Waals surface area contributed by atoms with Crippen molar-refractivity contribution in [3.05, 3.63) is 137 Å². The van der Waals surface area contributed by atoms with Crippen molar-refractivity contribution in [1.82, 2.24) is 15.1 Å². The van der Waals surface area contributed by atoms with Crippen LogP contribution >= 0.6 is 0 Å². The maximum atomic E-state index is 13.2. The van der Waals surface area contributed by atoms with Crippen LogP contribution in [0.25, 0.3) is 0 Å². The minimum Gasteiger partial charge on any atom is -0.508 e. The van der Waals surface area contributed by atoms with Crippen molar-refractivity contribution in [3.63, 3.8) is 0 Å². The number of rotatable bonds is 10. The molecule has 9 rings (SSSR count). The number of ether oxygens (including phenoxy) is 1. The number of carbonyl (C=O) groups is 2. The maximum Gasteiger partial charge on any atom is 0.255 e. The fourth-order valence-corrected chi connectivity index (χ4v) is 10.00. The van der Waals surface area contributed by atoms with E-state index in [2.05, 4.69) is 94.5 Å². The lowest BCUT2D eigenvalue weighted by atomic mass is 9.69. The number of likely N-dealkylation sites (tertiary alicyclic amines) is 1. The van der Waals surface area contributed by atoms with E-state index in [1.165, 1.54) is 27.9 Å². The topological polar surface area (TPSA) is 85.4 Å². The predicted octanol–water partition coefficient (Wildman–Crippen LogP) is 7.23. The first-order chi connectivity index (χ1) is 26.4. The summed E-state index contributed by atoms with van der Waals surface area (Å²) in [5.74, 6) is 3.05. The van der Waals surface area contributed by atoms with Crippen molar-refractivity contribution in [2.45, 2.75) is 62.9 Å². The average molecular weight is 723 g/mol. The monoisotopic (exact) mass is 722 g/mol. The number of allylic oxidation sites excluding steroid dienone is 1. The maximum absolute atomic E-state index is 13.2. The van der Waals surface area contributed by atoms with E-state index in [4.69, 9.17) is 4.74 Å². The van der Waals surface area contributed by atoms with Crippen LogP contribution in [0, 0.1) is 11.8 Å². The van der Waals surface area contributed by atoms with Gasteiger partial charge in [-0.2, -0.15) is 0 Å². The molecular weight excluding hydrogens is 673 g/mol. The number of phenolic OH excluding ortho intramolecular Hbond substituents is 1. The van der Waals surface area contributed by atoms with Crippen molar-refractivity contribution < 1.29 is 19.4 Å². The summed E-state index contributed by atoms with van der Waals surface area (Å²) in [7, 11) is 0. The number of fused-ring (bicyclic) bond motifs is 3. The minimum absolute atomic E-state index is 0.0389. The third kappa shape index (κ3) is 6.77. The van der Waals surface area contributed by atoms with Gasteiger partial charge in [-0.1, -0.05) is 55.1 Å². The first kappa shape index (κ1) is 34.7. The number of aromatic hydroxyl groups is 1. The summed E-state index contributed by atoms with van der Waals surface area (Å²) in [4.78, 5) is 32.7. The van der Waals surface area contributed by atoms with Gasteiger partial charge in [-0.15, -0.1) is 0 Å². The molecule has 4 aromatic rings. The lowest BCUT2D eigenvalue weighted by Crippen LogP contribution is -2.49. The Morgan fingerprint density at radius 2 is 1.59 bits per heavy atom. The zero-order valence-electron chi connectivity index (χ0n) is 31.0. The minimum atomic E-state index is -0.425. The van der Waals surface area contributed by atoms with Gasteiger partial charge >= 0.3 is 0 Å². The molecule has 8 heteroatoms. The van der Waals surface area contributed by atoms with E-state index in [9.17, 15) is 14.7 Å². The quantitative estimate of drug-likeness (QED) is 0.168. The molecule has 0 bridgehead atoms. The zero-order valence-corrected chi connectivity index (χ0v) is 31.0. The Morgan fingerprint density at radius 3 is 2.37 bits per heavy atom. The Labute approximate surface area is 318 Å². The van der Waals surface area contributed by atoms with Crippen LogP contribution in [0.3, 0.4) is 0 Å². The van der Waals surface area contributed by atoms with E-state index in [-0.39, 0.29) is 17.7 Å². The summed E-state index contributed by atoms with van der Waals surface area (Å²) in [6, 6.07) is 31.3. The number of hydrogen-bond donors (Lipinski definition) is 2. The second-order valence-electron chi connectivity index (χ2n) is 16.1. The molecule has 54 heavy (non-hydrogen) atoms. The Hall–Kier alpha value is -5.08. The molecule has 2 N–H and O–H groups in total. The number of nitrogens with zero attached hydrogens (tertiary/aromatic N) is 3. The molecule has 4 heterocycles. The summed E-state index contributed by atoms with van der Waals surface area (Å²) >= 11 is 0. The number of nitrogens with one attached hydrogen (secondary N) is 1. The van der Waals surface area contributed by atoms with E-state index < -0.39 is 6.04 Å². The number of phenols is 1. The van der Waals surface area contributed by atoms with Gasteiger partial charge in [0.05, 0.1) is 6.61 Å². The van der Waals surface area contributed by atoms with Gasteiger partial charge < -0.3 is 29.9 Å². The Bertz CT molecular complexity index is 2030. The number of unbranched alkanes of at least 4 members (excludes halogenated alkanes) is 1. The third-order valence-electron chi connectivity index (χ3n) is 12.7. The Kier molecular flexibility index (Phi) is 9.39. The lowest BCUT2D eigenvalue weighted by molar-refractivity contribution is -0.126. The molecule has 3 saturated heterocycles. The van der Waals surface area contributed by atoms with Gasteiger partial charge in [-0.05, 0) is 133 Å². The standard InChI is InChI=1S/C46H50N4O4/c1-30-9-20-43(45(52)47-30)50-29-34-23-37(13-18-42(34)46(50)53)49-27-35-25-48(26-36(35)28-49)21-5-6-22-54-39-15-10-32(11-16-39)44-40(31-7-3-2-4-8-31)17-12-33-24-38(51)14-19-41(33)44/h2-4,7-8,10-11,13-16,18-19,23-24,35-36,40,43-44,51H,1,5-6,9,12,17,20-22,25-29H2,(H,47,52)/t35-,36+,40-,43?,44+/m0/s1. The number of anilines is 1. The molecular formula is C46H50N4O4. The number of aryl methyl sites for hydroxylation is 1. The summed E-state index contributed by atoms with van der Waals surface area (Å²) in [6.07, 6.45) is 5.51. The van der Waals surface area contributed by atoms with Crippen LogP contribution in [0.4, 0.5) is 5.69 Å². The van der Waals surface area contributed by atoms with Crippen molar-refractivity contribution in [1.29, 1.82) is 0 Å². The van der Waals surface area contributed by atoms with Crippen molar-refractivity contribution in [2.24, 2.45) is 11.8 Å². The molecule has 1 aliphatic carbocycles.